The lowest BCUT2D eigenvalue weighted by atomic mass is 10.0. The van der Waals surface area contributed by atoms with Crippen LogP contribution in [0, 0.1) is 0 Å². The molecule has 1 heterocycles. The normalized spacial score (nSPS) is 18.4. The molecular formula is C11H16N2O4. The number of rotatable bonds is 5. The average Bonchev–Trinajstić information content (AvgIpc) is 2.88. The third kappa shape index (κ3) is 3.04. The monoisotopic (exact) mass is 240 g/mol. The van der Waals surface area contributed by atoms with E-state index in [0.29, 0.717) is 18.8 Å². The smallest absolute Gasteiger partial charge is 0.358 e. The zero-order valence-corrected chi connectivity index (χ0v) is 9.48. The SMILES string of the molecule is O=C(O)c1cc(CNCC2(O)CCCC2)on1. The molecule has 0 aliphatic heterocycles. The third-order valence-electron chi connectivity index (χ3n) is 3.07. The maximum atomic E-state index is 10.6. The van der Waals surface area contributed by atoms with Crippen molar-refractivity contribution in [3.05, 3.63) is 17.5 Å². The highest BCUT2D eigenvalue weighted by molar-refractivity contribution is 5.85. The van der Waals surface area contributed by atoms with Crippen LogP contribution in [-0.4, -0.2) is 33.5 Å². The Balaban J connectivity index is 1.79. The lowest BCUT2D eigenvalue weighted by Gasteiger charge is -2.21. The highest BCUT2D eigenvalue weighted by Gasteiger charge is 2.30. The lowest BCUT2D eigenvalue weighted by Crippen LogP contribution is -2.37. The number of nitrogens with one attached hydrogen (secondary N) is 1. The molecule has 0 radical (unpaired) electrons. The van der Waals surface area contributed by atoms with Gasteiger partial charge in [-0.15, -0.1) is 0 Å². The summed E-state index contributed by atoms with van der Waals surface area (Å²) in [5.41, 5.74) is -0.711. The lowest BCUT2D eigenvalue weighted by molar-refractivity contribution is 0.0469. The molecule has 0 aromatic carbocycles. The largest absolute Gasteiger partial charge is 0.476 e. The fourth-order valence-electron chi connectivity index (χ4n) is 2.13. The molecule has 3 N–H and O–H groups in total. The molecule has 0 saturated heterocycles. The number of aromatic nitrogens is 1. The molecule has 1 aromatic heterocycles. The van der Waals surface area contributed by atoms with E-state index in [2.05, 4.69) is 10.5 Å². The van der Waals surface area contributed by atoms with E-state index in [9.17, 15) is 9.90 Å². The Bertz CT molecular complexity index is 396. The predicted octanol–water partition coefficient (Wildman–Crippen LogP) is 0.767. The quantitative estimate of drug-likeness (QED) is 0.703. The highest BCUT2D eigenvalue weighted by atomic mass is 16.5. The van der Waals surface area contributed by atoms with Gasteiger partial charge in [-0.3, -0.25) is 0 Å². The Morgan fingerprint density at radius 2 is 2.24 bits per heavy atom. The Morgan fingerprint density at radius 3 is 2.82 bits per heavy atom. The molecule has 0 unspecified atom stereocenters. The summed E-state index contributed by atoms with van der Waals surface area (Å²) in [4.78, 5) is 10.6. The van der Waals surface area contributed by atoms with Crippen molar-refractivity contribution in [1.29, 1.82) is 0 Å². The van der Waals surface area contributed by atoms with E-state index < -0.39 is 11.6 Å². The third-order valence-corrected chi connectivity index (χ3v) is 3.07. The van der Waals surface area contributed by atoms with Gasteiger partial charge in [0.15, 0.2) is 11.5 Å². The van der Waals surface area contributed by atoms with Crippen LogP contribution in [0.15, 0.2) is 10.6 Å². The average molecular weight is 240 g/mol. The predicted molar refractivity (Wildman–Crippen MR) is 58.6 cm³/mol. The Morgan fingerprint density at radius 1 is 1.53 bits per heavy atom. The number of aromatic carboxylic acids is 1. The standard InChI is InChI=1S/C11H16N2O4/c14-10(15)9-5-8(17-13-9)6-12-7-11(16)3-1-2-4-11/h5,12,16H,1-4,6-7H2,(H,14,15). The molecular weight excluding hydrogens is 224 g/mol. The van der Waals surface area contributed by atoms with Gasteiger partial charge in [-0.25, -0.2) is 4.79 Å². The first-order valence-corrected chi connectivity index (χ1v) is 5.71. The van der Waals surface area contributed by atoms with Crippen molar-refractivity contribution in [3.63, 3.8) is 0 Å². The molecule has 1 aliphatic carbocycles. The maximum Gasteiger partial charge on any atom is 0.358 e. The van der Waals surface area contributed by atoms with Gasteiger partial charge in [-0.1, -0.05) is 18.0 Å². The molecule has 0 spiro atoms. The van der Waals surface area contributed by atoms with Crippen LogP contribution in [0.1, 0.15) is 41.9 Å². The molecule has 0 bridgehead atoms. The second-order valence-electron chi connectivity index (χ2n) is 4.52. The molecule has 0 atom stereocenters. The number of carbonyl (C=O) groups is 1. The van der Waals surface area contributed by atoms with Crippen molar-refractivity contribution in [2.75, 3.05) is 6.54 Å². The number of nitrogens with zero attached hydrogens (tertiary/aromatic N) is 1. The van der Waals surface area contributed by atoms with Crippen LogP contribution in [0.5, 0.6) is 0 Å². The number of hydrogen-bond acceptors (Lipinski definition) is 5. The van der Waals surface area contributed by atoms with Crippen LogP contribution >= 0.6 is 0 Å². The van der Waals surface area contributed by atoms with Crippen molar-refractivity contribution in [2.45, 2.75) is 37.8 Å². The van der Waals surface area contributed by atoms with E-state index in [1.54, 1.807) is 0 Å². The summed E-state index contributed by atoms with van der Waals surface area (Å²) in [5.74, 6) is -0.640. The molecule has 1 aromatic rings. The van der Waals surface area contributed by atoms with Crippen LogP contribution in [0.2, 0.25) is 0 Å². The molecule has 17 heavy (non-hydrogen) atoms. The van der Waals surface area contributed by atoms with Crippen molar-refractivity contribution in [2.24, 2.45) is 0 Å². The Labute approximate surface area is 98.6 Å². The van der Waals surface area contributed by atoms with E-state index in [0.717, 1.165) is 25.7 Å². The van der Waals surface area contributed by atoms with E-state index in [1.165, 1.54) is 6.07 Å². The van der Waals surface area contributed by atoms with E-state index in [1.807, 2.05) is 0 Å². The molecule has 1 aliphatic rings. The minimum atomic E-state index is -1.10. The second kappa shape index (κ2) is 4.85. The fourth-order valence-corrected chi connectivity index (χ4v) is 2.13. The van der Waals surface area contributed by atoms with Crippen molar-refractivity contribution < 1.29 is 19.5 Å². The minimum absolute atomic E-state index is 0.0959. The number of aliphatic hydroxyl groups is 1. The zero-order valence-electron chi connectivity index (χ0n) is 9.48. The molecule has 2 rings (SSSR count). The van der Waals surface area contributed by atoms with Crippen LogP contribution in [0.25, 0.3) is 0 Å². The van der Waals surface area contributed by atoms with Crippen molar-refractivity contribution in [3.8, 4) is 0 Å². The van der Waals surface area contributed by atoms with E-state index >= 15 is 0 Å². The van der Waals surface area contributed by atoms with Gasteiger partial charge in [0.25, 0.3) is 0 Å². The van der Waals surface area contributed by atoms with Crippen LogP contribution in [0.4, 0.5) is 0 Å². The first kappa shape index (κ1) is 12.1. The first-order valence-electron chi connectivity index (χ1n) is 5.71. The topological polar surface area (TPSA) is 95.6 Å². The molecule has 6 nitrogen and oxygen atoms in total. The molecule has 1 fully saturated rings. The number of carboxylic acids is 1. The first-order chi connectivity index (χ1) is 8.09. The van der Waals surface area contributed by atoms with Gasteiger partial charge in [-0.05, 0) is 12.8 Å². The number of carboxylic acid groups (broad SMARTS) is 1. The van der Waals surface area contributed by atoms with Crippen LogP contribution in [-0.2, 0) is 6.54 Å². The van der Waals surface area contributed by atoms with Gasteiger partial charge in [0.05, 0.1) is 12.1 Å². The van der Waals surface area contributed by atoms with Gasteiger partial charge in [0.2, 0.25) is 0 Å². The van der Waals surface area contributed by atoms with Crippen molar-refractivity contribution >= 4 is 5.97 Å². The van der Waals surface area contributed by atoms with Gasteiger partial charge in [0.1, 0.15) is 0 Å². The Hall–Kier alpha value is -1.40. The summed E-state index contributed by atoms with van der Waals surface area (Å²) in [6.07, 6.45) is 3.75. The van der Waals surface area contributed by atoms with E-state index in [-0.39, 0.29) is 5.69 Å². The molecule has 94 valence electrons. The van der Waals surface area contributed by atoms with Gasteiger partial charge in [0, 0.05) is 12.6 Å². The van der Waals surface area contributed by atoms with Gasteiger partial charge in [-0.2, -0.15) is 0 Å². The summed E-state index contributed by atoms with van der Waals surface area (Å²) < 4.78 is 4.85. The second-order valence-corrected chi connectivity index (χ2v) is 4.52. The zero-order chi connectivity index (χ0) is 12.3. The Kier molecular flexibility index (Phi) is 3.44. The van der Waals surface area contributed by atoms with Crippen LogP contribution < -0.4 is 5.32 Å². The molecule has 6 heteroatoms. The summed E-state index contributed by atoms with van der Waals surface area (Å²) in [7, 11) is 0. The summed E-state index contributed by atoms with van der Waals surface area (Å²) in [5, 5.41) is 25.2. The fraction of sp³-hybridized carbons (Fsp3) is 0.636. The highest BCUT2D eigenvalue weighted by Crippen LogP contribution is 2.28. The van der Waals surface area contributed by atoms with E-state index in [4.69, 9.17) is 9.63 Å². The summed E-state index contributed by atoms with van der Waals surface area (Å²) in [6.45, 7) is 0.874. The molecule has 0 amide bonds. The summed E-state index contributed by atoms with van der Waals surface area (Å²) in [6, 6.07) is 1.38. The minimum Gasteiger partial charge on any atom is -0.476 e. The molecule has 1 saturated carbocycles. The summed E-state index contributed by atoms with van der Waals surface area (Å²) >= 11 is 0. The van der Waals surface area contributed by atoms with Gasteiger partial charge >= 0.3 is 5.97 Å². The maximum absolute atomic E-state index is 10.6. The number of hydrogen-bond donors (Lipinski definition) is 3. The van der Waals surface area contributed by atoms with Gasteiger partial charge < -0.3 is 20.1 Å². The van der Waals surface area contributed by atoms with Crippen molar-refractivity contribution in [1.82, 2.24) is 10.5 Å². The van der Waals surface area contributed by atoms with Crippen LogP contribution in [0.3, 0.4) is 0 Å².